The summed E-state index contributed by atoms with van der Waals surface area (Å²) < 4.78 is 17.8. The number of rotatable bonds is 7. The predicted molar refractivity (Wildman–Crippen MR) is 117 cm³/mol. The van der Waals surface area contributed by atoms with Gasteiger partial charge in [0.15, 0.2) is 0 Å². The maximum atomic E-state index is 12.6. The lowest BCUT2D eigenvalue weighted by atomic mass is 9.79. The molecule has 2 N–H and O–H groups in total. The van der Waals surface area contributed by atoms with Crippen molar-refractivity contribution in [2.24, 2.45) is 0 Å². The number of benzene rings is 1. The van der Waals surface area contributed by atoms with E-state index in [1.54, 1.807) is 0 Å². The van der Waals surface area contributed by atoms with Gasteiger partial charge >= 0.3 is 13.1 Å². The molecule has 8 nitrogen and oxygen atoms in total. The fourth-order valence-corrected chi connectivity index (χ4v) is 3.64. The number of amides is 2. The topological polar surface area (TPSA) is 75.3 Å². The van der Waals surface area contributed by atoms with Crippen molar-refractivity contribution in [3.05, 3.63) is 24.3 Å². The largest absolute Gasteiger partial charge is 0.494 e. The van der Waals surface area contributed by atoms with Crippen LogP contribution in [0.3, 0.4) is 0 Å². The van der Waals surface area contributed by atoms with E-state index >= 15 is 0 Å². The van der Waals surface area contributed by atoms with E-state index in [9.17, 15) is 4.79 Å². The van der Waals surface area contributed by atoms with Crippen LogP contribution in [0.15, 0.2) is 24.3 Å². The number of ether oxygens (including phenoxy) is 1. The monoisotopic (exact) mass is 420 g/mol. The van der Waals surface area contributed by atoms with Gasteiger partial charge in [0.2, 0.25) is 0 Å². The molecule has 3 rings (SSSR count). The summed E-state index contributed by atoms with van der Waals surface area (Å²) in [6.07, 6.45) is 0. The van der Waals surface area contributed by atoms with Gasteiger partial charge in [0.1, 0.15) is 6.73 Å². The molecule has 2 heterocycles. The zero-order chi connectivity index (χ0) is 21.4. The van der Waals surface area contributed by atoms with Crippen molar-refractivity contribution in [3.8, 4) is 0 Å². The van der Waals surface area contributed by atoms with E-state index in [-0.39, 0.29) is 24.0 Å². The van der Waals surface area contributed by atoms with Gasteiger partial charge in [0.05, 0.1) is 16.9 Å². The number of nitrogens with one attached hydrogen (secondary N) is 2. The molecule has 160 valence electrons. The van der Waals surface area contributed by atoms with E-state index in [2.05, 4.69) is 30.7 Å². The average molecular weight is 420 g/mol. The first-order chi connectivity index (χ1) is 13.4. The first-order valence-electron chi connectivity index (χ1n) is 10.1. The fraction of sp³-hybridized carbons (Fsp3) is 0.632. The highest BCUT2D eigenvalue weighted by Gasteiger charge is 2.51. The lowest BCUT2D eigenvalue weighted by molar-refractivity contribution is 0.00578. The summed E-state index contributed by atoms with van der Waals surface area (Å²) >= 11 is 0. The van der Waals surface area contributed by atoms with Gasteiger partial charge in [-0.05, 0) is 51.3 Å². The fourth-order valence-electron chi connectivity index (χ4n) is 2.88. The lowest BCUT2D eigenvalue weighted by Crippen LogP contribution is -2.41. The Hall–Kier alpha value is -1.43. The van der Waals surface area contributed by atoms with Crippen LogP contribution in [0.2, 0.25) is 25.7 Å². The normalized spacial score (nSPS) is 21.3. The van der Waals surface area contributed by atoms with Gasteiger partial charge in [-0.3, -0.25) is 0 Å². The number of carbonyl (C=O) groups excluding carboxylic acids is 1. The smallest absolute Gasteiger partial charge is 0.399 e. The second-order valence-corrected chi connectivity index (χ2v) is 15.4. The number of hydrogen-bond donors (Lipinski definition) is 2. The van der Waals surface area contributed by atoms with E-state index in [4.69, 9.17) is 14.0 Å². The van der Waals surface area contributed by atoms with Crippen molar-refractivity contribution in [3.63, 3.8) is 0 Å². The van der Waals surface area contributed by atoms with Crippen LogP contribution < -0.4 is 21.5 Å². The highest BCUT2D eigenvalue weighted by Crippen LogP contribution is 2.36. The molecular formula is C19H33BN4O4Si. The molecule has 0 aliphatic carbocycles. The molecule has 2 aliphatic heterocycles. The number of urea groups is 1. The van der Waals surface area contributed by atoms with Crippen molar-refractivity contribution in [1.29, 1.82) is 0 Å². The molecular weight excluding hydrogens is 387 g/mol. The molecule has 10 heteroatoms. The van der Waals surface area contributed by atoms with Crippen molar-refractivity contribution in [2.75, 3.05) is 18.3 Å². The van der Waals surface area contributed by atoms with Gasteiger partial charge in [0, 0.05) is 14.7 Å². The van der Waals surface area contributed by atoms with E-state index in [1.165, 1.54) is 10.0 Å². The van der Waals surface area contributed by atoms with E-state index in [1.807, 2.05) is 52.0 Å². The Morgan fingerprint density at radius 1 is 1.03 bits per heavy atom. The molecule has 2 aliphatic rings. The van der Waals surface area contributed by atoms with Crippen molar-refractivity contribution >= 4 is 32.4 Å². The van der Waals surface area contributed by atoms with Crippen LogP contribution in [-0.4, -0.2) is 50.8 Å². The van der Waals surface area contributed by atoms with Gasteiger partial charge in [-0.15, -0.1) is 11.1 Å². The van der Waals surface area contributed by atoms with Gasteiger partial charge in [-0.25, -0.2) is 14.8 Å². The highest BCUT2D eigenvalue weighted by molar-refractivity contribution is 6.76. The first kappa shape index (κ1) is 22.3. The summed E-state index contributed by atoms with van der Waals surface area (Å²) in [5.41, 5.74) is 6.57. The third-order valence-electron chi connectivity index (χ3n) is 5.61. The highest BCUT2D eigenvalue weighted by atomic mass is 28.3. The Morgan fingerprint density at radius 2 is 1.62 bits per heavy atom. The molecule has 2 fully saturated rings. The minimum Gasteiger partial charge on any atom is -0.399 e. The predicted octanol–water partition coefficient (Wildman–Crippen LogP) is 2.46. The molecule has 0 unspecified atom stereocenters. The lowest BCUT2D eigenvalue weighted by Gasteiger charge is -2.32. The Morgan fingerprint density at radius 3 is 2.17 bits per heavy atom. The molecule has 0 aromatic heterocycles. The third kappa shape index (κ3) is 5.01. The summed E-state index contributed by atoms with van der Waals surface area (Å²) in [6, 6.07) is 8.40. The van der Waals surface area contributed by atoms with Gasteiger partial charge in [-0.1, -0.05) is 31.8 Å². The van der Waals surface area contributed by atoms with Crippen LogP contribution in [-0.2, 0) is 14.0 Å². The van der Waals surface area contributed by atoms with Crippen molar-refractivity contribution in [1.82, 2.24) is 16.1 Å². The number of carbonyl (C=O) groups is 1. The summed E-state index contributed by atoms with van der Waals surface area (Å²) in [5, 5.41) is 2.85. The molecule has 0 saturated carbocycles. The SMILES string of the molecule is CC1(C)OB(c2ccc(N3NNN(COCC[Si](C)(C)C)C3=O)cc2)OC1(C)C. The third-order valence-corrected chi connectivity index (χ3v) is 7.32. The molecule has 0 spiro atoms. The van der Waals surface area contributed by atoms with Gasteiger partial charge < -0.3 is 14.0 Å². The molecule has 1 aromatic rings. The van der Waals surface area contributed by atoms with E-state index in [0.29, 0.717) is 12.3 Å². The average Bonchev–Trinajstić information content (AvgIpc) is 3.07. The van der Waals surface area contributed by atoms with Crippen LogP contribution in [0.5, 0.6) is 0 Å². The number of anilines is 1. The van der Waals surface area contributed by atoms with Gasteiger partial charge in [-0.2, -0.15) is 0 Å². The summed E-state index contributed by atoms with van der Waals surface area (Å²) in [5.74, 6) is 0. The minimum absolute atomic E-state index is 0.193. The molecule has 0 atom stereocenters. The van der Waals surface area contributed by atoms with Crippen LogP contribution >= 0.6 is 0 Å². The molecule has 2 saturated heterocycles. The molecule has 29 heavy (non-hydrogen) atoms. The zero-order valence-electron chi connectivity index (χ0n) is 18.5. The Labute approximate surface area is 174 Å². The van der Waals surface area contributed by atoms with Crippen molar-refractivity contribution < 1.29 is 18.8 Å². The van der Waals surface area contributed by atoms with Crippen LogP contribution in [0.25, 0.3) is 0 Å². The van der Waals surface area contributed by atoms with E-state index < -0.39 is 15.2 Å². The van der Waals surface area contributed by atoms with Gasteiger partial charge in [0.25, 0.3) is 0 Å². The van der Waals surface area contributed by atoms with Crippen LogP contribution in [0, 0.1) is 0 Å². The summed E-state index contributed by atoms with van der Waals surface area (Å²) in [7, 11) is -1.57. The van der Waals surface area contributed by atoms with E-state index in [0.717, 1.165) is 11.5 Å². The molecule has 2 amide bonds. The number of hydrogen-bond acceptors (Lipinski definition) is 6. The Balaban J connectivity index is 1.56. The standard InChI is InChI=1S/C19H33BN4O4Si/c1-18(2)19(3,4)28-20(27-18)15-8-10-16(11-9-15)24-17(25)23(21-22-24)14-26-12-13-29(5,6)7/h8-11,21-22H,12-14H2,1-7H3. The molecule has 0 radical (unpaired) electrons. The summed E-state index contributed by atoms with van der Waals surface area (Å²) in [6.45, 7) is 15.9. The molecule has 1 aromatic carbocycles. The Bertz CT molecular complexity index is 723. The maximum Gasteiger partial charge on any atom is 0.494 e. The minimum atomic E-state index is -1.15. The quantitative estimate of drug-likeness (QED) is 0.522. The second-order valence-electron chi connectivity index (χ2n) is 9.80. The number of hydrazine groups is 3. The zero-order valence-corrected chi connectivity index (χ0v) is 19.5. The van der Waals surface area contributed by atoms with Crippen LogP contribution in [0.1, 0.15) is 27.7 Å². The first-order valence-corrected chi connectivity index (χ1v) is 13.8. The van der Waals surface area contributed by atoms with Crippen LogP contribution in [0.4, 0.5) is 10.5 Å². The summed E-state index contributed by atoms with van der Waals surface area (Å²) in [4.78, 5) is 12.6. The maximum absolute atomic E-state index is 12.6. The molecule has 0 bridgehead atoms. The second kappa shape index (κ2) is 8.01. The Kier molecular flexibility index (Phi) is 6.15. The number of nitrogens with zero attached hydrogens (tertiary/aromatic N) is 2. The van der Waals surface area contributed by atoms with Crippen molar-refractivity contribution in [2.45, 2.75) is 64.6 Å².